The molecule has 2 N–H and O–H groups in total. The van der Waals surface area contributed by atoms with E-state index in [4.69, 9.17) is 4.74 Å². The Bertz CT molecular complexity index is 914. The van der Waals surface area contributed by atoms with Gasteiger partial charge in [0.05, 0.1) is 12.2 Å². The topological polar surface area (TPSA) is 70.7 Å². The third-order valence-electron chi connectivity index (χ3n) is 5.71. The molecular weight excluding hydrogens is 390 g/mol. The van der Waals surface area contributed by atoms with E-state index in [0.717, 1.165) is 43.7 Å². The summed E-state index contributed by atoms with van der Waals surface area (Å²) in [6.45, 7) is 7.33. The number of hydrogen-bond donors (Lipinski definition) is 2. The molecule has 2 aromatic carbocycles. The van der Waals surface area contributed by atoms with Crippen LogP contribution in [0.1, 0.15) is 48.2 Å². The number of amides is 2. The molecule has 1 saturated heterocycles. The standard InChI is InChI=1S/C25H31N3O3/c1-17-14-28(15-18(2)31-17)16-19-6-8-21(9-7-19)24(29)26-13-20-4-3-5-23(12-20)27-25(30)22-10-11-22/h3-9,12,17-18,22H,10-11,13-16H2,1-2H3,(H,26,29)(H,27,30). The second-order valence-corrected chi connectivity index (χ2v) is 8.79. The summed E-state index contributed by atoms with van der Waals surface area (Å²) < 4.78 is 5.79. The predicted molar refractivity (Wildman–Crippen MR) is 121 cm³/mol. The average Bonchev–Trinajstić information content (AvgIpc) is 3.58. The molecule has 2 unspecified atom stereocenters. The highest BCUT2D eigenvalue weighted by Gasteiger charge is 2.29. The van der Waals surface area contributed by atoms with E-state index < -0.39 is 0 Å². The van der Waals surface area contributed by atoms with Gasteiger partial charge in [-0.15, -0.1) is 0 Å². The largest absolute Gasteiger partial charge is 0.373 e. The summed E-state index contributed by atoms with van der Waals surface area (Å²) in [6.07, 6.45) is 2.44. The minimum atomic E-state index is -0.104. The van der Waals surface area contributed by atoms with E-state index in [-0.39, 0.29) is 29.9 Å². The summed E-state index contributed by atoms with van der Waals surface area (Å²) in [6, 6.07) is 15.4. The minimum Gasteiger partial charge on any atom is -0.373 e. The van der Waals surface area contributed by atoms with Gasteiger partial charge in [-0.2, -0.15) is 0 Å². The van der Waals surface area contributed by atoms with E-state index in [1.807, 2.05) is 48.5 Å². The smallest absolute Gasteiger partial charge is 0.251 e. The molecule has 4 rings (SSSR count). The first-order valence-electron chi connectivity index (χ1n) is 11.1. The summed E-state index contributed by atoms with van der Waals surface area (Å²) in [7, 11) is 0. The Labute approximate surface area is 184 Å². The molecule has 2 fully saturated rings. The monoisotopic (exact) mass is 421 g/mol. The first-order valence-corrected chi connectivity index (χ1v) is 11.1. The highest BCUT2D eigenvalue weighted by atomic mass is 16.5. The Morgan fingerprint density at radius 2 is 1.71 bits per heavy atom. The summed E-state index contributed by atoms with van der Waals surface area (Å²) in [5, 5.41) is 5.91. The first-order chi connectivity index (χ1) is 15.0. The maximum atomic E-state index is 12.6. The first kappa shape index (κ1) is 21.5. The van der Waals surface area contributed by atoms with Gasteiger partial charge in [-0.05, 0) is 62.1 Å². The van der Waals surface area contributed by atoms with E-state index in [1.165, 1.54) is 5.56 Å². The molecule has 6 nitrogen and oxygen atoms in total. The van der Waals surface area contributed by atoms with Gasteiger partial charge in [-0.3, -0.25) is 14.5 Å². The maximum Gasteiger partial charge on any atom is 0.251 e. The van der Waals surface area contributed by atoms with E-state index in [2.05, 4.69) is 29.4 Å². The molecule has 0 spiro atoms. The molecule has 1 heterocycles. The van der Waals surface area contributed by atoms with Crippen LogP contribution in [-0.2, 0) is 22.6 Å². The second kappa shape index (κ2) is 9.62. The number of nitrogens with one attached hydrogen (secondary N) is 2. The molecule has 31 heavy (non-hydrogen) atoms. The van der Waals surface area contributed by atoms with Gasteiger partial charge in [-0.25, -0.2) is 0 Å². The normalized spacial score (nSPS) is 21.5. The number of hydrogen-bond acceptors (Lipinski definition) is 4. The van der Waals surface area contributed by atoms with Crippen molar-refractivity contribution in [3.8, 4) is 0 Å². The minimum absolute atomic E-state index is 0.0854. The van der Waals surface area contributed by atoms with Crippen LogP contribution in [-0.4, -0.2) is 42.0 Å². The molecule has 2 atom stereocenters. The molecule has 2 amide bonds. The SMILES string of the molecule is CC1CN(Cc2ccc(C(=O)NCc3cccc(NC(=O)C4CC4)c3)cc2)CC(C)O1. The zero-order valence-electron chi connectivity index (χ0n) is 18.3. The Morgan fingerprint density at radius 3 is 2.39 bits per heavy atom. The lowest BCUT2D eigenvalue weighted by atomic mass is 10.1. The van der Waals surface area contributed by atoms with Crippen LogP contribution in [0.4, 0.5) is 5.69 Å². The number of benzene rings is 2. The fraction of sp³-hybridized carbons (Fsp3) is 0.440. The summed E-state index contributed by atoms with van der Waals surface area (Å²) in [5.41, 5.74) is 3.57. The van der Waals surface area contributed by atoms with Crippen LogP contribution in [0.5, 0.6) is 0 Å². The quantitative estimate of drug-likeness (QED) is 0.717. The van der Waals surface area contributed by atoms with Crippen molar-refractivity contribution in [2.45, 2.75) is 52.0 Å². The van der Waals surface area contributed by atoms with Crippen molar-refractivity contribution in [3.05, 3.63) is 65.2 Å². The molecule has 0 radical (unpaired) electrons. The van der Waals surface area contributed by atoms with Crippen LogP contribution in [0.3, 0.4) is 0 Å². The van der Waals surface area contributed by atoms with Crippen molar-refractivity contribution in [2.24, 2.45) is 5.92 Å². The Morgan fingerprint density at radius 1 is 1.00 bits per heavy atom. The number of anilines is 1. The van der Waals surface area contributed by atoms with Gasteiger partial charge < -0.3 is 15.4 Å². The summed E-state index contributed by atoms with van der Waals surface area (Å²) in [5.74, 6) is 0.149. The fourth-order valence-corrected chi connectivity index (χ4v) is 4.07. The molecule has 1 aliphatic carbocycles. The fourth-order valence-electron chi connectivity index (χ4n) is 4.07. The number of morpholine rings is 1. The summed E-state index contributed by atoms with van der Waals surface area (Å²) >= 11 is 0. The highest BCUT2D eigenvalue weighted by molar-refractivity contribution is 5.95. The predicted octanol–water partition coefficient (Wildman–Crippen LogP) is 3.57. The Hall–Kier alpha value is -2.70. The van der Waals surface area contributed by atoms with Crippen molar-refractivity contribution in [1.82, 2.24) is 10.2 Å². The van der Waals surface area contributed by atoms with Crippen LogP contribution in [0.25, 0.3) is 0 Å². The molecule has 6 heteroatoms. The molecule has 0 bridgehead atoms. The second-order valence-electron chi connectivity index (χ2n) is 8.79. The number of nitrogens with zero attached hydrogens (tertiary/aromatic N) is 1. The Balaban J connectivity index is 1.28. The van der Waals surface area contributed by atoms with Crippen LogP contribution in [0, 0.1) is 5.92 Å². The van der Waals surface area contributed by atoms with Gasteiger partial charge in [0.25, 0.3) is 5.91 Å². The van der Waals surface area contributed by atoms with Crippen molar-refractivity contribution < 1.29 is 14.3 Å². The molecule has 1 saturated carbocycles. The van der Waals surface area contributed by atoms with Crippen LogP contribution < -0.4 is 10.6 Å². The van der Waals surface area contributed by atoms with Crippen LogP contribution >= 0.6 is 0 Å². The lowest BCUT2D eigenvalue weighted by Gasteiger charge is -2.35. The molecule has 2 aromatic rings. The van der Waals surface area contributed by atoms with Gasteiger partial charge in [-0.1, -0.05) is 24.3 Å². The van der Waals surface area contributed by atoms with E-state index in [9.17, 15) is 9.59 Å². The zero-order chi connectivity index (χ0) is 21.8. The van der Waals surface area contributed by atoms with Gasteiger partial charge in [0.2, 0.25) is 5.91 Å². The molecule has 0 aromatic heterocycles. The molecule has 1 aliphatic heterocycles. The van der Waals surface area contributed by atoms with Gasteiger partial charge >= 0.3 is 0 Å². The van der Waals surface area contributed by atoms with Gasteiger partial charge in [0.15, 0.2) is 0 Å². The molecule has 164 valence electrons. The third kappa shape index (κ3) is 6.15. The Kier molecular flexibility index (Phi) is 6.68. The van der Waals surface area contributed by atoms with Crippen molar-refractivity contribution >= 4 is 17.5 Å². The van der Waals surface area contributed by atoms with E-state index >= 15 is 0 Å². The van der Waals surface area contributed by atoms with E-state index in [1.54, 1.807) is 0 Å². The van der Waals surface area contributed by atoms with Crippen LogP contribution in [0.2, 0.25) is 0 Å². The van der Waals surface area contributed by atoms with Crippen molar-refractivity contribution in [2.75, 3.05) is 18.4 Å². The number of carbonyl (C=O) groups excluding carboxylic acids is 2. The third-order valence-corrected chi connectivity index (χ3v) is 5.71. The van der Waals surface area contributed by atoms with Gasteiger partial charge in [0.1, 0.15) is 0 Å². The zero-order valence-corrected chi connectivity index (χ0v) is 18.3. The number of carbonyl (C=O) groups is 2. The van der Waals surface area contributed by atoms with Crippen LogP contribution in [0.15, 0.2) is 48.5 Å². The van der Waals surface area contributed by atoms with Gasteiger partial charge in [0, 0.05) is 43.3 Å². The van der Waals surface area contributed by atoms with Crippen molar-refractivity contribution in [3.63, 3.8) is 0 Å². The van der Waals surface area contributed by atoms with E-state index in [0.29, 0.717) is 12.1 Å². The molecular formula is C25H31N3O3. The molecule has 2 aliphatic rings. The number of ether oxygens (including phenoxy) is 1. The average molecular weight is 422 g/mol. The lowest BCUT2D eigenvalue weighted by Crippen LogP contribution is -2.44. The lowest BCUT2D eigenvalue weighted by molar-refractivity contribution is -0.117. The summed E-state index contributed by atoms with van der Waals surface area (Å²) in [4.78, 5) is 26.9. The highest BCUT2D eigenvalue weighted by Crippen LogP contribution is 2.30. The van der Waals surface area contributed by atoms with Crippen molar-refractivity contribution in [1.29, 1.82) is 0 Å². The maximum absolute atomic E-state index is 12.6. The number of rotatable bonds is 7.